The van der Waals surface area contributed by atoms with E-state index in [9.17, 15) is 9.18 Å². The fourth-order valence-corrected chi connectivity index (χ4v) is 2.64. The largest absolute Gasteiger partial charge is 0.466 e. The molecule has 0 fully saturated rings. The fourth-order valence-electron chi connectivity index (χ4n) is 2.64. The fraction of sp³-hybridized carbons (Fsp3) is 0.250. The van der Waals surface area contributed by atoms with Crippen LogP contribution in [0.15, 0.2) is 48.5 Å². The number of carbonyl (C=O) groups excluding carboxylic acids is 1. The Bertz CT molecular complexity index is 935. The zero-order valence-electron chi connectivity index (χ0n) is 15.4. The molecular formula is C20H21FN4O2. The van der Waals surface area contributed by atoms with E-state index in [4.69, 9.17) is 4.74 Å². The van der Waals surface area contributed by atoms with Crippen molar-refractivity contribution in [2.75, 3.05) is 12.4 Å². The normalized spacial score (nSPS) is 10.9. The average Bonchev–Trinajstić information content (AvgIpc) is 3.06. The molecule has 0 unspecified atom stereocenters. The minimum absolute atomic E-state index is 0.0272. The van der Waals surface area contributed by atoms with Crippen LogP contribution in [0.2, 0.25) is 0 Å². The van der Waals surface area contributed by atoms with Crippen molar-refractivity contribution in [3.63, 3.8) is 0 Å². The van der Waals surface area contributed by atoms with Crippen LogP contribution >= 0.6 is 0 Å². The summed E-state index contributed by atoms with van der Waals surface area (Å²) in [4.78, 5) is 16.2. The number of carbonyl (C=O) groups is 1. The number of amides is 1. The number of hydrogen-bond acceptors (Lipinski definition) is 4. The van der Waals surface area contributed by atoms with Gasteiger partial charge in [0.25, 0.3) is 0 Å². The van der Waals surface area contributed by atoms with E-state index in [0.717, 1.165) is 0 Å². The number of nitrogens with zero attached hydrogens (tertiary/aromatic N) is 3. The third-order valence-electron chi connectivity index (χ3n) is 3.84. The second-order valence-corrected chi connectivity index (χ2v) is 6.54. The van der Waals surface area contributed by atoms with Gasteiger partial charge in [-0.3, -0.25) is 4.79 Å². The predicted molar refractivity (Wildman–Crippen MR) is 101 cm³/mol. The van der Waals surface area contributed by atoms with Crippen LogP contribution in [0.5, 0.6) is 6.01 Å². The van der Waals surface area contributed by atoms with Crippen molar-refractivity contribution in [1.82, 2.24) is 14.8 Å². The highest BCUT2D eigenvalue weighted by Gasteiger charge is 2.15. The number of benzene rings is 2. The van der Waals surface area contributed by atoms with Crippen molar-refractivity contribution in [2.24, 2.45) is 5.92 Å². The highest BCUT2D eigenvalue weighted by atomic mass is 19.1. The molecule has 3 aromatic rings. The van der Waals surface area contributed by atoms with Crippen LogP contribution in [0.4, 0.5) is 10.1 Å². The molecule has 0 saturated heterocycles. The van der Waals surface area contributed by atoms with Crippen LogP contribution in [0.25, 0.3) is 17.1 Å². The minimum atomic E-state index is -0.357. The SMILES string of the molecule is COc1nc(-c2cccc(F)c2)n(-c2ccc(NC(=O)CC(C)C)cc2)n1. The van der Waals surface area contributed by atoms with Gasteiger partial charge in [0.2, 0.25) is 5.91 Å². The summed E-state index contributed by atoms with van der Waals surface area (Å²) >= 11 is 0. The van der Waals surface area contributed by atoms with Gasteiger partial charge in [0.1, 0.15) is 5.82 Å². The highest BCUT2D eigenvalue weighted by Crippen LogP contribution is 2.25. The molecule has 0 aliphatic heterocycles. The van der Waals surface area contributed by atoms with Crippen molar-refractivity contribution in [2.45, 2.75) is 20.3 Å². The molecule has 140 valence electrons. The maximum absolute atomic E-state index is 13.6. The van der Waals surface area contributed by atoms with Crippen LogP contribution in [-0.2, 0) is 4.79 Å². The number of ether oxygens (including phenoxy) is 1. The number of methoxy groups -OCH3 is 1. The van der Waals surface area contributed by atoms with Crippen molar-refractivity contribution >= 4 is 11.6 Å². The van der Waals surface area contributed by atoms with Crippen LogP contribution in [-0.4, -0.2) is 27.8 Å². The molecule has 0 saturated carbocycles. The van der Waals surface area contributed by atoms with Gasteiger partial charge in [-0.15, -0.1) is 5.10 Å². The molecule has 1 heterocycles. The summed E-state index contributed by atoms with van der Waals surface area (Å²) < 4.78 is 20.3. The Kier molecular flexibility index (Phi) is 5.49. The molecule has 0 spiro atoms. The van der Waals surface area contributed by atoms with E-state index in [1.54, 1.807) is 28.9 Å². The van der Waals surface area contributed by atoms with E-state index < -0.39 is 0 Å². The third-order valence-corrected chi connectivity index (χ3v) is 3.84. The summed E-state index contributed by atoms with van der Waals surface area (Å²) in [5.74, 6) is 0.369. The van der Waals surface area contributed by atoms with Crippen molar-refractivity contribution in [1.29, 1.82) is 0 Å². The number of aromatic nitrogens is 3. The van der Waals surface area contributed by atoms with Crippen molar-refractivity contribution in [3.8, 4) is 23.1 Å². The lowest BCUT2D eigenvalue weighted by Gasteiger charge is -2.09. The Morgan fingerprint density at radius 2 is 1.96 bits per heavy atom. The molecule has 0 aliphatic carbocycles. The Balaban J connectivity index is 1.90. The van der Waals surface area contributed by atoms with E-state index >= 15 is 0 Å². The lowest BCUT2D eigenvalue weighted by atomic mass is 10.1. The highest BCUT2D eigenvalue weighted by molar-refractivity contribution is 5.90. The van der Waals surface area contributed by atoms with Gasteiger partial charge in [-0.25, -0.2) is 9.07 Å². The van der Waals surface area contributed by atoms with Gasteiger partial charge in [0.05, 0.1) is 12.8 Å². The van der Waals surface area contributed by atoms with Gasteiger partial charge in [-0.2, -0.15) is 4.98 Å². The second-order valence-electron chi connectivity index (χ2n) is 6.54. The molecule has 0 radical (unpaired) electrons. The number of hydrogen-bond donors (Lipinski definition) is 1. The summed E-state index contributed by atoms with van der Waals surface area (Å²) in [6.07, 6.45) is 0.464. The van der Waals surface area contributed by atoms with E-state index in [2.05, 4.69) is 15.4 Å². The maximum atomic E-state index is 13.6. The zero-order chi connectivity index (χ0) is 19.4. The first-order valence-electron chi connectivity index (χ1n) is 8.63. The van der Waals surface area contributed by atoms with Gasteiger partial charge < -0.3 is 10.1 Å². The molecule has 1 aromatic heterocycles. The topological polar surface area (TPSA) is 69.0 Å². The summed E-state index contributed by atoms with van der Waals surface area (Å²) in [6, 6.07) is 13.5. The predicted octanol–water partition coefficient (Wildman–Crippen LogP) is 4.07. The molecule has 0 bridgehead atoms. The van der Waals surface area contributed by atoms with Crippen molar-refractivity contribution < 1.29 is 13.9 Å². The molecule has 2 aromatic carbocycles. The summed E-state index contributed by atoms with van der Waals surface area (Å²) in [7, 11) is 1.47. The lowest BCUT2D eigenvalue weighted by molar-refractivity contribution is -0.116. The van der Waals surface area contributed by atoms with Crippen LogP contribution in [0, 0.1) is 11.7 Å². The Hall–Kier alpha value is -3.22. The number of nitrogens with one attached hydrogen (secondary N) is 1. The van der Waals surface area contributed by atoms with Gasteiger partial charge >= 0.3 is 6.01 Å². The van der Waals surface area contributed by atoms with E-state index in [1.807, 2.05) is 26.0 Å². The average molecular weight is 368 g/mol. The lowest BCUT2D eigenvalue weighted by Crippen LogP contribution is -2.13. The van der Waals surface area contributed by atoms with E-state index in [1.165, 1.54) is 19.2 Å². The quantitative estimate of drug-likeness (QED) is 0.712. The first-order valence-corrected chi connectivity index (χ1v) is 8.63. The molecular weight excluding hydrogens is 347 g/mol. The van der Waals surface area contributed by atoms with Gasteiger partial charge in [0.15, 0.2) is 5.82 Å². The molecule has 1 amide bonds. The van der Waals surface area contributed by atoms with Crippen LogP contribution in [0.3, 0.4) is 0 Å². The summed E-state index contributed by atoms with van der Waals surface area (Å²) in [5, 5.41) is 7.17. The maximum Gasteiger partial charge on any atom is 0.336 e. The molecule has 27 heavy (non-hydrogen) atoms. The third kappa shape index (κ3) is 4.49. The Morgan fingerprint density at radius 3 is 2.59 bits per heavy atom. The van der Waals surface area contributed by atoms with Gasteiger partial charge in [-0.1, -0.05) is 26.0 Å². The number of halogens is 1. The molecule has 6 nitrogen and oxygen atoms in total. The summed E-state index contributed by atoms with van der Waals surface area (Å²) in [6.45, 7) is 3.99. The van der Waals surface area contributed by atoms with Crippen molar-refractivity contribution in [3.05, 3.63) is 54.3 Å². The first kappa shape index (κ1) is 18.6. The Labute approximate surface area is 157 Å². The summed E-state index contributed by atoms with van der Waals surface area (Å²) in [5.41, 5.74) is 2.00. The smallest absolute Gasteiger partial charge is 0.336 e. The van der Waals surface area contributed by atoms with Crippen LogP contribution < -0.4 is 10.1 Å². The molecule has 1 N–H and O–H groups in total. The minimum Gasteiger partial charge on any atom is -0.466 e. The number of anilines is 1. The molecule has 0 atom stereocenters. The zero-order valence-corrected chi connectivity index (χ0v) is 15.4. The number of rotatable bonds is 6. The molecule has 7 heteroatoms. The van der Waals surface area contributed by atoms with Gasteiger partial charge in [-0.05, 0) is 42.3 Å². The monoisotopic (exact) mass is 368 g/mol. The van der Waals surface area contributed by atoms with Crippen LogP contribution in [0.1, 0.15) is 20.3 Å². The first-order chi connectivity index (χ1) is 13.0. The van der Waals surface area contributed by atoms with E-state index in [-0.39, 0.29) is 17.7 Å². The molecule has 0 aliphatic rings. The Morgan fingerprint density at radius 1 is 1.22 bits per heavy atom. The second kappa shape index (κ2) is 7.99. The van der Waals surface area contributed by atoms with E-state index in [0.29, 0.717) is 35.1 Å². The van der Waals surface area contributed by atoms with Gasteiger partial charge in [0, 0.05) is 17.7 Å². The standard InChI is InChI=1S/C20H21FN4O2/c1-13(2)11-18(26)22-16-7-9-17(10-8-16)25-19(23-20(24-25)27-3)14-5-4-6-15(21)12-14/h4-10,12-13H,11H2,1-3H3,(H,22,26). The molecule has 3 rings (SSSR count).